The summed E-state index contributed by atoms with van der Waals surface area (Å²) in [6.45, 7) is 18.3. The molecule has 0 aromatic rings. The third kappa shape index (κ3) is 7.85. The highest BCUT2D eigenvalue weighted by molar-refractivity contribution is 5.95. The Labute approximate surface area is 269 Å². The van der Waals surface area contributed by atoms with Gasteiger partial charge in [-0.05, 0) is 81.4 Å². The van der Waals surface area contributed by atoms with Crippen molar-refractivity contribution in [3.63, 3.8) is 0 Å². The second-order valence-corrected chi connectivity index (χ2v) is 14.5. The minimum atomic E-state index is -0.495. The normalized spacial score (nSPS) is 32.6. The number of rotatable bonds is 9. The molecule has 4 rings (SSSR count). The number of ether oxygens (including phenoxy) is 3. The van der Waals surface area contributed by atoms with Gasteiger partial charge in [-0.3, -0.25) is 4.79 Å². The fourth-order valence-electron chi connectivity index (χ4n) is 7.43. The lowest BCUT2D eigenvalue weighted by molar-refractivity contribution is -0.147. The highest BCUT2D eigenvalue weighted by atomic mass is 16.6. The molecule has 4 atom stereocenters. The predicted molar refractivity (Wildman–Crippen MR) is 179 cm³/mol. The van der Waals surface area contributed by atoms with E-state index < -0.39 is 11.2 Å². The molecule has 1 saturated heterocycles. The van der Waals surface area contributed by atoms with Gasteiger partial charge in [-0.15, -0.1) is 0 Å². The van der Waals surface area contributed by atoms with Gasteiger partial charge in [0.25, 0.3) is 0 Å². The molecule has 1 N–H and O–H groups in total. The van der Waals surface area contributed by atoms with Crippen molar-refractivity contribution in [3.8, 4) is 0 Å². The topological polar surface area (TPSA) is 85.4 Å². The van der Waals surface area contributed by atoms with Crippen LogP contribution < -0.4 is 0 Å². The summed E-state index contributed by atoms with van der Waals surface area (Å²) in [5, 5.41) is 10.3. The first-order valence-electron chi connectivity index (χ1n) is 15.9. The molecule has 0 aromatic heterocycles. The monoisotopic (exact) mass is 614 g/mol. The molecule has 6 heteroatoms. The summed E-state index contributed by atoms with van der Waals surface area (Å²) < 4.78 is 17.2. The molecule has 0 amide bonds. The Morgan fingerprint density at radius 3 is 2.24 bits per heavy atom. The molecule has 45 heavy (non-hydrogen) atoms. The molecule has 2 heterocycles. The third-order valence-corrected chi connectivity index (χ3v) is 9.48. The smallest absolute Gasteiger partial charge is 0.343 e. The fourth-order valence-corrected chi connectivity index (χ4v) is 7.43. The van der Waals surface area contributed by atoms with E-state index >= 15 is 0 Å². The lowest BCUT2D eigenvalue weighted by atomic mass is 9.63. The zero-order chi connectivity index (χ0) is 33.2. The molecule has 4 aliphatic rings. The van der Waals surface area contributed by atoms with Gasteiger partial charge < -0.3 is 19.3 Å². The molecule has 0 spiro atoms. The molecular formula is C39H50O6. The van der Waals surface area contributed by atoms with Gasteiger partial charge in [0.1, 0.15) is 23.1 Å². The predicted octanol–water partition coefficient (Wildman–Crippen LogP) is 8.25. The van der Waals surface area contributed by atoms with Crippen molar-refractivity contribution in [2.45, 2.75) is 111 Å². The van der Waals surface area contributed by atoms with Gasteiger partial charge in [-0.25, -0.2) is 4.79 Å². The van der Waals surface area contributed by atoms with E-state index in [1.54, 1.807) is 12.2 Å². The Morgan fingerprint density at radius 1 is 0.956 bits per heavy atom. The minimum Gasteiger partial charge on any atom is -0.462 e. The van der Waals surface area contributed by atoms with Gasteiger partial charge in [0.15, 0.2) is 0 Å². The Bertz CT molecular complexity index is 1490. The Balaban J connectivity index is 1.32. The maximum Gasteiger partial charge on any atom is 0.343 e. The number of esters is 2. The van der Waals surface area contributed by atoms with Crippen LogP contribution in [-0.2, 0) is 23.8 Å². The van der Waals surface area contributed by atoms with Crippen LogP contribution in [0.15, 0.2) is 107 Å². The minimum absolute atomic E-state index is 0.0558. The van der Waals surface area contributed by atoms with Crippen LogP contribution in [0.2, 0.25) is 0 Å². The zero-order valence-electron chi connectivity index (χ0n) is 28.4. The third-order valence-electron chi connectivity index (χ3n) is 9.48. The summed E-state index contributed by atoms with van der Waals surface area (Å²) in [7, 11) is 0. The van der Waals surface area contributed by atoms with Crippen LogP contribution in [0.3, 0.4) is 0 Å². The van der Waals surface area contributed by atoms with Gasteiger partial charge in [-0.2, -0.15) is 0 Å². The first-order valence-corrected chi connectivity index (χ1v) is 15.9. The molecule has 2 aliphatic heterocycles. The molecule has 2 fully saturated rings. The van der Waals surface area contributed by atoms with Crippen molar-refractivity contribution in [3.05, 3.63) is 107 Å². The summed E-state index contributed by atoms with van der Waals surface area (Å²) >= 11 is 0. The van der Waals surface area contributed by atoms with Gasteiger partial charge >= 0.3 is 11.9 Å². The first kappa shape index (κ1) is 34.4. The quantitative estimate of drug-likeness (QED) is 0.160. The Morgan fingerprint density at radius 2 is 1.62 bits per heavy atom. The number of hydrogen-bond acceptors (Lipinski definition) is 6. The van der Waals surface area contributed by atoms with Gasteiger partial charge in [-0.1, -0.05) is 87.4 Å². The average Bonchev–Trinajstić information content (AvgIpc) is 3.37. The lowest BCUT2D eigenvalue weighted by Gasteiger charge is -2.39. The second-order valence-electron chi connectivity index (χ2n) is 14.5. The van der Waals surface area contributed by atoms with Crippen molar-refractivity contribution in [1.82, 2.24) is 0 Å². The number of cyclic esters (lactones) is 1. The van der Waals surface area contributed by atoms with Crippen LogP contribution in [0.4, 0.5) is 0 Å². The first-order chi connectivity index (χ1) is 21.0. The van der Waals surface area contributed by atoms with Crippen molar-refractivity contribution in [1.29, 1.82) is 0 Å². The maximum atomic E-state index is 12.5. The number of allylic oxidation sites excluding steroid dienone is 13. The number of epoxide rings is 1. The summed E-state index contributed by atoms with van der Waals surface area (Å²) in [5.74, 6) is -0.0916. The van der Waals surface area contributed by atoms with Crippen molar-refractivity contribution in [2.24, 2.45) is 10.8 Å². The van der Waals surface area contributed by atoms with E-state index in [1.807, 2.05) is 56.4 Å². The molecule has 0 radical (unpaired) electrons. The summed E-state index contributed by atoms with van der Waals surface area (Å²) in [5.41, 5.74) is 3.92. The lowest BCUT2D eigenvalue weighted by Crippen LogP contribution is -2.46. The molecular weight excluding hydrogens is 564 g/mol. The SMILES string of the molecule is CC(=O)O[C@@H]1CC(C)=C(/C=C/C(C)=C/C=C/C=C/C=C(C)/C=C2C=C(/C=C/[C@@]34O[C@]3(C)C[C@@H](O)CC4(C)C)C(=O)O/2)C(C)(C)C1. The van der Waals surface area contributed by atoms with Crippen LogP contribution in [0.1, 0.15) is 88.0 Å². The number of aliphatic hydroxyl groups is 1. The number of carbonyl (C=O) groups excluding carboxylic acids is 2. The molecule has 242 valence electrons. The van der Waals surface area contributed by atoms with Crippen LogP contribution in [0.25, 0.3) is 0 Å². The van der Waals surface area contributed by atoms with E-state index in [1.165, 1.54) is 18.1 Å². The van der Waals surface area contributed by atoms with Crippen LogP contribution in [-0.4, -0.2) is 40.5 Å². The van der Waals surface area contributed by atoms with E-state index in [0.717, 1.165) is 24.0 Å². The van der Waals surface area contributed by atoms with Gasteiger partial charge in [0, 0.05) is 25.2 Å². The van der Waals surface area contributed by atoms with Gasteiger partial charge in [0.2, 0.25) is 0 Å². The van der Waals surface area contributed by atoms with Crippen molar-refractivity contribution < 1.29 is 28.9 Å². The summed E-state index contributed by atoms with van der Waals surface area (Å²) in [4.78, 5) is 23.9. The van der Waals surface area contributed by atoms with Crippen LogP contribution in [0.5, 0.6) is 0 Å². The van der Waals surface area contributed by atoms with E-state index in [9.17, 15) is 14.7 Å². The largest absolute Gasteiger partial charge is 0.462 e. The standard InChI is InChI=1S/C39H50O6/c1-26(16-17-34-28(3)21-33(43-29(4)40)25-36(34,5)6)14-12-10-11-13-15-27(2)20-32-22-30(35(42)44-32)18-19-39-37(7,8)23-31(41)24-38(39,9)45-39/h10-20,22,31,33,41H,21,23-25H2,1-9H3/b12-10+,13-11+,17-16+,19-18+,26-14+,27-15+,32-20-/t31-,33+,38+,39-/m0/s1. The summed E-state index contributed by atoms with van der Waals surface area (Å²) in [6, 6.07) is 0. The van der Waals surface area contributed by atoms with E-state index in [0.29, 0.717) is 24.2 Å². The maximum absolute atomic E-state index is 12.5. The molecule has 0 bridgehead atoms. The Kier molecular flexibility index (Phi) is 10.0. The molecule has 1 saturated carbocycles. The second kappa shape index (κ2) is 13.1. The number of hydrogen-bond donors (Lipinski definition) is 1. The molecule has 6 nitrogen and oxygen atoms in total. The molecule has 2 aliphatic carbocycles. The van der Waals surface area contributed by atoms with E-state index in [2.05, 4.69) is 59.8 Å². The summed E-state index contributed by atoms with van der Waals surface area (Å²) in [6.07, 6.45) is 26.0. The highest BCUT2D eigenvalue weighted by Gasteiger charge is 2.74. The fraction of sp³-hybridized carbons (Fsp3) is 0.487. The van der Waals surface area contributed by atoms with Gasteiger partial charge in [0.05, 0.1) is 11.7 Å². The molecule has 0 unspecified atom stereocenters. The van der Waals surface area contributed by atoms with Crippen molar-refractivity contribution in [2.75, 3.05) is 0 Å². The molecule has 0 aromatic carbocycles. The van der Waals surface area contributed by atoms with Crippen LogP contribution >= 0.6 is 0 Å². The number of aliphatic hydroxyl groups excluding tert-OH is 1. The van der Waals surface area contributed by atoms with Crippen molar-refractivity contribution >= 4 is 11.9 Å². The van der Waals surface area contributed by atoms with Crippen LogP contribution in [0, 0.1) is 10.8 Å². The number of carbonyl (C=O) groups is 2. The highest BCUT2D eigenvalue weighted by Crippen LogP contribution is 2.66. The Hall–Kier alpha value is -3.48. The zero-order valence-corrected chi connectivity index (χ0v) is 28.4. The number of fused-ring (bicyclic) bond motifs is 1. The van der Waals surface area contributed by atoms with E-state index in [-0.39, 0.29) is 35.0 Å². The average molecular weight is 615 g/mol. The van der Waals surface area contributed by atoms with E-state index in [4.69, 9.17) is 14.2 Å².